The van der Waals surface area contributed by atoms with Gasteiger partial charge in [0.05, 0.1) is 11.4 Å². The van der Waals surface area contributed by atoms with E-state index in [9.17, 15) is 9.90 Å². The number of carboxylic acids is 1. The molecule has 1 atom stereocenters. The maximum atomic E-state index is 11.4. The Kier molecular flexibility index (Phi) is 3.93. The summed E-state index contributed by atoms with van der Waals surface area (Å²) in [5.41, 5.74) is 3.64. The first kappa shape index (κ1) is 14.3. The second-order valence-electron chi connectivity index (χ2n) is 5.17. The predicted molar refractivity (Wildman–Crippen MR) is 79.0 cm³/mol. The molecule has 106 valence electrons. The molecule has 1 heterocycles. The average molecular weight is 272 g/mol. The third kappa shape index (κ3) is 2.46. The van der Waals surface area contributed by atoms with Gasteiger partial charge in [-0.25, -0.2) is 4.79 Å². The summed E-state index contributed by atoms with van der Waals surface area (Å²) >= 11 is 0. The number of carboxylic acid groups (broad SMARTS) is 1. The topological polar surface area (TPSA) is 55.1 Å². The first-order chi connectivity index (χ1) is 9.45. The molecule has 0 aliphatic heterocycles. The monoisotopic (exact) mass is 272 g/mol. The average Bonchev–Trinajstić information content (AvgIpc) is 2.72. The van der Waals surface area contributed by atoms with E-state index in [0.29, 0.717) is 17.3 Å². The van der Waals surface area contributed by atoms with E-state index in [1.807, 2.05) is 12.1 Å². The molecule has 2 rings (SSSR count). The lowest BCUT2D eigenvalue weighted by molar-refractivity contribution is 0.0697. The van der Waals surface area contributed by atoms with Gasteiger partial charge in [0.1, 0.15) is 5.56 Å². The quantitative estimate of drug-likeness (QED) is 0.925. The fraction of sp³-hybridized carbons (Fsp3) is 0.375. The Balaban J connectivity index is 2.49. The number of hydrogen-bond acceptors (Lipinski definition) is 2. The molecule has 0 saturated heterocycles. The van der Waals surface area contributed by atoms with Crippen molar-refractivity contribution in [2.45, 2.75) is 33.1 Å². The Morgan fingerprint density at radius 2 is 1.95 bits per heavy atom. The van der Waals surface area contributed by atoms with Gasteiger partial charge >= 0.3 is 5.97 Å². The summed E-state index contributed by atoms with van der Waals surface area (Å²) < 4.78 is 1.64. The summed E-state index contributed by atoms with van der Waals surface area (Å²) in [6.45, 7) is 6.07. The number of rotatable bonds is 4. The van der Waals surface area contributed by atoms with E-state index < -0.39 is 5.97 Å². The molecule has 0 amide bonds. The van der Waals surface area contributed by atoms with E-state index in [2.05, 4.69) is 31.1 Å². The fourth-order valence-corrected chi connectivity index (χ4v) is 2.45. The summed E-state index contributed by atoms with van der Waals surface area (Å²) in [5.74, 6) is -0.423. The van der Waals surface area contributed by atoms with Gasteiger partial charge in [0, 0.05) is 12.6 Å². The maximum absolute atomic E-state index is 11.4. The molecule has 20 heavy (non-hydrogen) atoms. The molecule has 0 spiro atoms. The Bertz CT molecular complexity index is 627. The molecule has 0 bridgehead atoms. The molecular formula is C16H20N2O2. The van der Waals surface area contributed by atoms with Gasteiger partial charge in [0.2, 0.25) is 0 Å². The molecule has 2 aromatic rings. The molecule has 1 aromatic heterocycles. The predicted octanol–water partition coefficient (Wildman–Crippen LogP) is 3.61. The second kappa shape index (κ2) is 5.49. The lowest BCUT2D eigenvalue weighted by Crippen LogP contribution is -2.01. The minimum Gasteiger partial charge on any atom is -0.478 e. The highest BCUT2D eigenvalue weighted by Gasteiger charge is 2.20. The van der Waals surface area contributed by atoms with E-state index in [-0.39, 0.29) is 5.56 Å². The third-order valence-electron chi connectivity index (χ3n) is 3.80. The zero-order valence-electron chi connectivity index (χ0n) is 12.3. The van der Waals surface area contributed by atoms with E-state index in [4.69, 9.17) is 0 Å². The van der Waals surface area contributed by atoms with Crippen LogP contribution in [0.1, 0.15) is 47.8 Å². The van der Waals surface area contributed by atoms with Gasteiger partial charge in [-0.3, -0.25) is 4.68 Å². The van der Waals surface area contributed by atoms with E-state index in [0.717, 1.165) is 12.0 Å². The summed E-state index contributed by atoms with van der Waals surface area (Å²) in [6.07, 6.45) is 1.09. The largest absolute Gasteiger partial charge is 0.478 e. The van der Waals surface area contributed by atoms with Crippen molar-refractivity contribution in [1.82, 2.24) is 9.78 Å². The molecule has 4 nitrogen and oxygen atoms in total. The van der Waals surface area contributed by atoms with Crippen LogP contribution in [0.4, 0.5) is 0 Å². The number of carbonyl (C=O) groups is 1. The normalized spacial score (nSPS) is 12.4. The van der Waals surface area contributed by atoms with Crippen LogP contribution in [-0.4, -0.2) is 20.9 Å². The van der Waals surface area contributed by atoms with Crippen LogP contribution in [0.2, 0.25) is 0 Å². The molecule has 4 heteroatoms. The Morgan fingerprint density at radius 3 is 2.45 bits per heavy atom. The van der Waals surface area contributed by atoms with Gasteiger partial charge in [-0.15, -0.1) is 0 Å². The molecule has 1 N–H and O–H groups in total. The first-order valence-corrected chi connectivity index (χ1v) is 6.82. The van der Waals surface area contributed by atoms with Crippen LogP contribution in [0.3, 0.4) is 0 Å². The highest BCUT2D eigenvalue weighted by Crippen LogP contribution is 2.28. The van der Waals surface area contributed by atoms with Crippen LogP contribution < -0.4 is 0 Å². The maximum Gasteiger partial charge on any atom is 0.339 e. The van der Waals surface area contributed by atoms with Crippen molar-refractivity contribution in [3.63, 3.8) is 0 Å². The number of nitrogens with zero attached hydrogens (tertiary/aromatic N) is 2. The standard InChI is InChI=1S/C16H20N2O2/c1-5-10(2)12-6-8-13(9-7-12)15-14(16(19)20)11(3)17-18(15)4/h6-10H,5H2,1-4H3,(H,19,20). The van der Waals surface area contributed by atoms with Gasteiger partial charge in [-0.05, 0) is 24.8 Å². The van der Waals surface area contributed by atoms with Crippen molar-refractivity contribution in [1.29, 1.82) is 0 Å². The van der Waals surface area contributed by atoms with Crippen LogP contribution in [0.5, 0.6) is 0 Å². The first-order valence-electron chi connectivity index (χ1n) is 6.82. The Hall–Kier alpha value is -2.10. The summed E-state index contributed by atoms with van der Waals surface area (Å²) in [4.78, 5) is 11.4. The lowest BCUT2D eigenvalue weighted by atomic mass is 9.96. The third-order valence-corrected chi connectivity index (χ3v) is 3.80. The van der Waals surface area contributed by atoms with Gasteiger partial charge in [0.25, 0.3) is 0 Å². The van der Waals surface area contributed by atoms with E-state index in [1.54, 1.807) is 18.7 Å². The van der Waals surface area contributed by atoms with Crippen LogP contribution in [-0.2, 0) is 7.05 Å². The van der Waals surface area contributed by atoms with Gasteiger partial charge in [-0.1, -0.05) is 38.1 Å². The molecule has 0 aliphatic carbocycles. The van der Waals surface area contributed by atoms with Gasteiger partial charge < -0.3 is 5.11 Å². The molecular weight excluding hydrogens is 252 g/mol. The van der Waals surface area contributed by atoms with Crippen molar-refractivity contribution in [2.75, 3.05) is 0 Å². The second-order valence-corrected chi connectivity index (χ2v) is 5.17. The highest BCUT2D eigenvalue weighted by molar-refractivity contribution is 5.96. The number of aryl methyl sites for hydroxylation is 2. The van der Waals surface area contributed by atoms with E-state index in [1.165, 1.54) is 5.56 Å². The number of benzene rings is 1. The SMILES string of the molecule is CCC(C)c1ccc(-c2c(C(=O)O)c(C)nn2C)cc1. The highest BCUT2D eigenvalue weighted by atomic mass is 16.4. The lowest BCUT2D eigenvalue weighted by Gasteiger charge is -2.10. The van der Waals surface area contributed by atoms with Crippen LogP contribution in [0.15, 0.2) is 24.3 Å². The van der Waals surface area contributed by atoms with Gasteiger partial charge in [0.15, 0.2) is 0 Å². The van der Waals surface area contributed by atoms with Gasteiger partial charge in [-0.2, -0.15) is 5.10 Å². The minimum atomic E-state index is -0.934. The van der Waals surface area contributed by atoms with E-state index >= 15 is 0 Å². The number of hydrogen-bond donors (Lipinski definition) is 1. The Labute approximate surface area is 119 Å². The summed E-state index contributed by atoms with van der Waals surface area (Å²) in [7, 11) is 1.78. The molecule has 0 fully saturated rings. The number of aromatic carboxylic acids is 1. The molecule has 0 aliphatic rings. The molecule has 1 unspecified atom stereocenters. The summed E-state index contributed by atoms with van der Waals surface area (Å²) in [5, 5.41) is 13.6. The van der Waals surface area contributed by atoms with Crippen molar-refractivity contribution in [3.05, 3.63) is 41.1 Å². The van der Waals surface area contributed by atoms with Crippen molar-refractivity contribution >= 4 is 5.97 Å². The van der Waals surface area contributed by atoms with Crippen LogP contribution in [0, 0.1) is 6.92 Å². The number of aromatic nitrogens is 2. The minimum absolute atomic E-state index is 0.281. The summed E-state index contributed by atoms with van der Waals surface area (Å²) in [6, 6.07) is 8.09. The van der Waals surface area contributed by atoms with Crippen molar-refractivity contribution in [2.24, 2.45) is 7.05 Å². The molecule has 0 saturated carbocycles. The van der Waals surface area contributed by atoms with Crippen LogP contribution in [0.25, 0.3) is 11.3 Å². The fourth-order valence-electron chi connectivity index (χ4n) is 2.45. The molecule has 0 radical (unpaired) electrons. The zero-order valence-corrected chi connectivity index (χ0v) is 12.3. The van der Waals surface area contributed by atoms with Crippen molar-refractivity contribution in [3.8, 4) is 11.3 Å². The zero-order chi connectivity index (χ0) is 14.9. The smallest absolute Gasteiger partial charge is 0.339 e. The van der Waals surface area contributed by atoms with Crippen molar-refractivity contribution < 1.29 is 9.90 Å². The molecule has 1 aromatic carbocycles. The van der Waals surface area contributed by atoms with Crippen LogP contribution >= 0.6 is 0 Å². The Morgan fingerprint density at radius 1 is 1.35 bits per heavy atom.